The average Bonchev–Trinajstić information content (AvgIpc) is 2.81. The zero-order chi connectivity index (χ0) is 23.4. The Balaban J connectivity index is 2.11. The van der Waals surface area contributed by atoms with Gasteiger partial charge in [-0.25, -0.2) is 4.79 Å². The van der Waals surface area contributed by atoms with E-state index in [0.717, 1.165) is 11.1 Å². The van der Waals surface area contributed by atoms with Crippen LogP contribution in [0.5, 0.6) is 17.2 Å². The molecule has 6 nitrogen and oxygen atoms in total. The fourth-order valence-electron chi connectivity index (χ4n) is 3.58. The summed E-state index contributed by atoms with van der Waals surface area (Å²) in [4.78, 5) is 26.7. The lowest BCUT2D eigenvalue weighted by Crippen LogP contribution is -2.17. The van der Waals surface area contributed by atoms with Gasteiger partial charge < -0.3 is 14.2 Å². The molecule has 0 saturated heterocycles. The van der Waals surface area contributed by atoms with E-state index in [9.17, 15) is 14.2 Å². The Labute approximate surface area is 187 Å². The number of methoxy groups -OCH3 is 3. The number of benzene rings is 3. The van der Waals surface area contributed by atoms with Crippen molar-refractivity contribution in [3.8, 4) is 17.2 Å². The molecule has 1 atom stereocenters. The van der Waals surface area contributed by atoms with Gasteiger partial charge in [-0.2, -0.15) is 0 Å². The number of hydrogen-bond donors (Lipinski definition) is 0. The van der Waals surface area contributed by atoms with Gasteiger partial charge in [-0.3, -0.25) is 4.79 Å². The van der Waals surface area contributed by atoms with Crippen LogP contribution in [-0.4, -0.2) is 32.6 Å². The first-order valence-electron chi connectivity index (χ1n) is 9.85. The first-order chi connectivity index (χ1) is 15.3. The highest BCUT2D eigenvalue weighted by Crippen LogP contribution is 2.40. The maximum absolute atomic E-state index is 13.5. The molecule has 0 bridgehead atoms. The molecule has 7 heteroatoms. The molecule has 3 aromatic rings. The number of aryl methyl sites for hydroxylation is 2. The van der Waals surface area contributed by atoms with E-state index >= 15 is 0 Å². The van der Waals surface area contributed by atoms with Crippen molar-refractivity contribution < 1.29 is 28.4 Å². The van der Waals surface area contributed by atoms with E-state index < -0.39 is 13.3 Å². The summed E-state index contributed by atoms with van der Waals surface area (Å²) in [7, 11) is 1.63. The van der Waals surface area contributed by atoms with E-state index in [-0.39, 0.29) is 33.7 Å². The van der Waals surface area contributed by atoms with Gasteiger partial charge in [0.15, 0.2) is 11.3 Å². The molecule has 0 heterocycles. The molecule has 0 saturated carbocycles. The molecule has 0 aliphatic carbocycles. The van der Waals surface area contributed by atoms with Crippen molar-refractivity contribution in [2.45, 2.75) is 13.8 Å². The SMILES string of the molecule is COc1cc(OC)c(C(=O)[P+](=O)c2ccccc2C(=O)c2c(C)cccc2C)c(OC)c1. The second kappa shape index (κ2) is 9.75. The maximum Gasteiger partial charge on any atom is 0.459 e. The lowest BCUT2D eigenvalue weighted by molar-refractivity contribution is 0.103. The van der Waals surface area contributed by atoms with Gasteiger partial charge in [0.1, 0.15) is 17.2 Å². The zero-order valence-electron chi connectivity index (χ0n) is 18.6. The van der Waals surface area contributed by atoms with Gasteiger partial charge >= 0.3 is 13.3 Å². The van der Waals surface area contributed by atoms with Gasteiger partial charge in [-0.05, 0) is 37.1 Å². The largest absolute Gasteiger partial charge is 0.496 e. The number of ketones is 1. The van der Waals surface area contributed by atoms with E-state index in [0.29, 0.717) is 11.3 Å². The summed E-state index contributed by atoms with van der Waals surface area (Å²) in [6, 6.07) is 15.1. The first-order valence-corrected chi connectivity index (χ1v) is 11.1. The zero-order valence-corrected chi connectivity index (χ0v) is 19.5. The molecule has 0 spiro atoms. The Bertz CT molecular complexity index is 1170. The Morgan fingerprint density at radius 3 is 1.84 bits per heavy atom. The predicted octanol–water partition coefficient (Wildman–Crippen LogP) is 4.85. The van der Waals surface area contributed by atoms with Crippen molar-refractivity contribution in [3.63, 3.8) is 0 Å². The fourth-order valence-corrected chi connectivity index (χ4v) is 4.84. The number of carbonyl (C=O) groups is 2. The number of hydrogen-bond acceptors (Lipinski definition) is 6. The van der Waals surface area contributed by atoms with Gasteiger partial charge in [0.25, 0.3) is 0 Å². The molecule has 3 rings (SSSR count). The number of rotatable bonds is 8. The smallest absolute Gasteiger partial charge is 0.459 e. The highest BCUT2D eigenvalue weighted by molar-refractivity contribution is 7.71. The van der Waals surface area contributed by atoms with Crippen molar-refractivity contribution in [1.82, 2.24) is 0 Å². The third-order valence-corrected chi connectivity index (χ3v) is 6.61. The lowest BCUT2D eigenvalue weighted by atomic mass is 9.95. The van der Waals surface area contributed by atoms with Gasteiger partial charge in [-0.1, -0.05) is 34.9 Å². The second-order valence-electron chi connectivity index (χ2n) is 7.12. The van der Waals surface area contributed by atoms with Gasteiger partial charge in [0.2, 0.25) is 5.30 Å². The van der Waals surface area contributed by atoms with E-state index in [2.05, 4.69) is 0 Å². The summed E-state index contributed by atoms with van der Waals surface area (Å²) in [6.07, 6.45) is 0. The fraction of sp³-hybridized carbons (Fsp3) is 0.200. The molecule has 1 unspecified atom stereocenters. The van der Waals surface area contributed by atoms with Gasteiger partial charge in [-0.15, -0.1) is 0 Å². The molecule has 0 fully saturated rings. The van der Waals surface area contributed by atoms with E-state index in [1.807, 2.05) is 32.0 Å². The molecular formula is C25H24O6P+. The molecule has 0 aliphatic heterocycles. The van der Waals surface area contributed by atoms with Crippen molar-refractivity contribution in [1.29, 1.82) is 0 Å². The van der Waals surface area contributed by atoms with Crippen LogP contribution >= 0.6 is 7.80 Å². The topological polar surface area (TPSA) is 78.9 Å². The number of ether oxygens (including phenoxy) is 3. The van der Waals surface area contributed by atoms with E-state index in [1.165, 1.54) is 33.5 Å². The van der Waals surface area contributed by atoms with E-state index in [1.54, 1.807) is 24.3 Å². The van der Waals surface area contributed by atoms with Crippen LogP contribution in [0.25, 0.3) is 0 Å². The minimum absolute atomic E-state index is 0.0336. The van der Waals surface area contributed by atoms with Crippen molar-refractivity contribution >= 4 is 24.4 Å². The van der Waals surface area contributed by atoms with Crippen LogP contribution in [0.1, 0.15) is 37.4 Å². The Hall–Kier alpha value is -3.50. The minimum Gasteiger partial charge on any atom is -0.496 e. The van der Waals surface area contributed by atoms with Crippen LogP contribution in [0.3, 0.4) is 0 Å². The summed E-state index contributed by atoms with van der Waals surface area (Å²) in [5, 5.41) is 0.167. The summed E-state index contributed by atoms with van der Waals surface area (Å²) in [5.74, 6) is 0.498. The molecule has 0 aromatic heterocycles. The molecule has 164 valence electrons. The monoisotopic (exact) mass is 451 g/mol. The molecule has 0 N–H and O–H groups in total. The van der Waals surface area contributed by atoms with E-state index in [4.69, 9.17) is 14.2 Å². The van der Waals surface area contributed by atoms with Crippen LogP contribution in [0.2, 0.25) is 0 Å². The standard InChI is InChI=1S/C25H24O6P/c1-15-9-8-10-16(2)22(15)24(26)18-11-6-7-12-21(18)32(28)25(27)23-19(30-4)13-17(29-3)14-20(23)31-5/h6-14H,1-5H3/q+1. The summed E-state index contributed by atoms with van der Waals surface area (Å²) in [5.41, 5.74) is 1.72. The normalized spacial score (nSPS) is 11.0. The minimum atomic E-state index is -2.64. The quantitative estimate of drug-likeness (QED) is 0.360. The van der Waals surface area contributed by atoms with Crippen molar-refractivity contribution in [2.24, 2.45) is 0 Å². The number of carbonyl (C=O) groups excluding carboxylic acids is 2. The highest BCUT2D eigenvalue weighted by atomic mass is 31.1. The molecule has 0 amide bonds. The van der Waals surface area contributed by atoms with Gasteiger partial charge in [0, 0.05) is 17.7 Å². The van der Waals surface area contributed by atoms with Crippen molar-refractivity contribution in [3.05, 3.63) is 82.4 Å². The molecule has 32 heavy (non-hydrogen) atoms. The molecular weight excluding hydrogens is 427 g/mol. The Morgan fingerprint density at radius 1 is 0.750 bits per heavy atom. The van der Waals surface area contributed by atoms with Crippen LogP contribution in [0.15, 0.2) is 54.6 Å². The second-order valence-corrected chi connectivity index (χ2v) is 8.60. The van der Waals surface area contributed by atoms with Crippen LogP contribution < -0.4 is 19.5 Å². The Morgan fingerprint density at radius 2 is 1.31 bits per heavy atom. The lowest BCUT2D eigenvalue weighted by Gasteiger charge is -2.11. The third kappa shape index (κ3) is 4.27. The first kappa shape index (κ1) is 23.2. The van der Waals surface area contributed by atoms with Crippen LogP contribution in [0.4, 0.5) is 0 Å². The predicted molar refractivity (Wildman–Crippen MR) is 123 cm³/mol. The van der Waals surface area contributed by atoms with Crippen LogP contribution in [0, 0.1) is 13.8 Å². The average molecular weight is 451 g/mol. The molecule has 0 aliphatic rings. The molecule has 3 aromatic carbocycles. The third-order valence-electron chi connectivity index (χ3n) is 5.19. The Kier molecular flexibility index (Phi) is 7.06. The molecule has 0 radical (unpaired) electrons. The van der Waals surface area contributed by atoms with Crippen molar-refractivity contribution in [2.75, 3.05) is 21.3 Å². The summed E-state index contributed by atoms with van der Waals surface area (Å²) in [6.45, 7) is 3.70. The maximum atomic E-state index is 13.5. The highest BCUT2D eigenvalue weighted by Gasteiger charge is 2.41. The van der Waals surface area contributed by atoms with Gasteiger partial charge in [0.05, 0.1) is 26.9 Å². The van der Waals surface area contributed by atoms with Crippen LogP contribution in [-0.2, 0) is 4.57 Å². The summed E-state index contributed by atoms with van der Waals surface area (Å²) < 4.78 is 29.4. The summed E-state index contributed by atoms with van der Waals surface area (Å²) >= 11 is 0.